The molecule has 0 spiro atoms. The lowest BCUT2D eigenvalue weighted by Crippen LogP contribution is -2.61. The first-order chi connectivity index (χ1) is 9.66. The smallest absolute Gasteiger partial charge is 0.0332 e. The van der Waals surface area contributed by atoms with Gasteiger partial charge in [0.25, 0.3) is 0 Å². The van der Waals surface area contributed by atoms with Crippen molar-refractivity contribution in [1.29, 1.82) is 0 Å². The molecule has 0 amide bonds. The molecule has 3 rings (SSSR count). The highest BCUT2D eigenvalue weighted by molar-refractivity contribution is 7.07. The Bertz CT molecular complexity index is 415. The second-order valence-corrected chi connectivity index (χ2v) is 7.67. The van der Waals surface area contributed by atoms with Crippen LogP contribution >= 0.6 is 11.3 Å². The Balaban J connectivity index is 1.79. The number of piperazine rings is 1. The van der Waals surface area contributed by atoms with E-state index in [2.05, 4.69) is 47.4 Å². The number of hydrogen-bond acceptors (Lipinski definition) is 3. The average Bonchev–Trinajstić information content (AvgIpc) is 2.99. The second kappa shape index (κ2) is 6.17. The summed E-state index contributed by atoms with van der Waals surface area (Å²) in [4.78, 5) is 5.56. The summed E-state index contributed by atoms with van der Waals surface area (Å²) in [6.45, 7) is 11.0. The molecule has 2 aliphatic rings. The van der Waals surface area contributed by atoms with Gasteiger partial charge in [0.1, 0.15) is 0 Å². The summed E-state index contributed by atoms with van der Waals surface area (Å²) in [6, 6.07) is 4.39. The highest BCUT2D eigenvalue weighted by Gasteiger charge is 2.38. The molecule has 112 valence electrons. The minimum Gasteiger partial charge on any atom is -0.298 e. The van der Waals surface area contributed by atoms with Crippen LogP contribution < -0.4 is 0 Å². The monoisotopic (exact) mass is 292 g/mol. The maximum absolute atomic E-state index is 2.79. The first kappa shape index (κ1) is 14.6. The number of rotatable bonds is 3. The van der Waals surface area contributed by atoms with E-state index in [1.807, 2.05) is 11.3 Å². The van der Waals surface area contributed by atoms with Crippen molar-refractivity contribution in [2.45, 2.75) is 58.2 Å². The molecule has 2 nitrogen and oxygen atoms in total. The summed E-state index contributed by atoms with van der Waals surface area (Å²) in [5, 5.41) is 4.54. The number of nitrogens with zero attached hydrogens (tertiary/aromatic N) is 2. The van der Waals surface area contributed by atoms with Crippen LogP contribution in [0.25, 0.3) is 0 Å². The minimum atomic E-state index is 0.567. The molecule has 2 saturated heterocycles. The molecule has 1 aromatic heterocycles. The zero-order valence-electron chi connectivity index (χ0n) is 13.1. The van der Waals surface area contributed by atoms with Crippen LogP contribution in [-0.2, 0) is 0 Å². The number of hydrogen-bond donors (Lipinski definition) is 0. The van der Waals surface area contributed by atoms with Gasteiger partial charge < -0.3 is 0 Å². The number of thiophene rings is 1. The zero-order valence-corrected chi connectivity index (χ0v) is 13.9. The van der Waals surface area contributed by atoms with E-state index in [0.717, 1.165) is 12.0 Å². The van der Waals surface area contributed by atoms with Crippen molar-refractivity contribution in [1.82, 2.24) is 9.80 Å². The Kier molecular flexibility index (Phi) is 4.49. The van der Waals surface area contributed by atoms with Crippen molar-refractivity contribution in [2.24, 2.45) is 5.92 Å². The number of piperidine rings is 1. The highest BCUT2D eigenvalue weighted by Crippen LogP contribution is 2.33. The van der Waals surface area contributed by atoms with Crippen LogP contribution in [0.3, 0.4) is 0 Å². The fourth-order valence-corrected chi connectivity index (χ4v) is 4.72. The standard InChI is InChI=1S/C17H28N2S/c1-13(2)17-11-18-8-5-4-6-16(18)10-19(17)14(3)15-7-9-20-12-15/h7,9,12-14,16-17H,4-6,8,10-11H2,1-3H3. The van der Waals surface area contributed by atoms with E-state index in [-0.39, 0.29) is 0 Å². The quantitative estimate of drug-likeness (QED) is 0.830. The Morgan fingerprint density at radius 1 is 1.20 bits per heavy atom. The van der Waals surface area contributed by atoms with Crippen molar-refractivity contribution in [3.05, 3.63) is 22.4 Å². The van der Waals surface area contributed by atoms with Crippen LogP contribution in [-0.4, -0.2) is 41.5 Å². The van der Waals surface area contributed by atoms with E-state index in [9.17, 15) is 0 Å². The van der Waals surface area contributed by atoms with Gasteiger partial charge >= 0.3 is 0 Å². The summed E-state index contributed by atoms with van der Waals surface area (Å²) in [5.74, 6) is 0.735. The molecule has 1 aromatic rings. The molecule has 0 saturated carbocycles. The molecule has 2 fully saturated rings. The highest BCUT2D eigenvalue weighted by atomic mass is 32.1. The van der Waals surface area contributed by atoms with Gasteiger partial charge in [0.2, 0.25) is 0 Å². The molecule has 0 bridgehead atoms. The molecule has 3 heteroatoms. The molecule has 0 aromatic carbocycles. The molecule has 3 heterocycles. The zero-order chi connectivity index (χ0) is 14.1. The van der Waals surface area contributed by atoms with E-state index in [0.29, 0.717) is 12.1 Å². The molecular weight excluding hydrogens is 264 g/mol. The number of fused-ring (bicyclic) bond motifs is 1. The molecule has 20 heavy (non-hydrogen) atoms. The van der Waals surface area contributed by atoms with E-state index >= 15 is 0 Å². The lowest BCUT2D eigenvalue weighted by atomic mass is 9.90. The average molecular weight is 292 g/mol. The Morgan fingerprint density at radius 3 is 2.75 bits per heavy atom. The van der Waals surface area contributed by atoms with E-state index in [1.54, 1.807) is 0 Å². The van der Waals surface area contributed by atoms with E-state index in [1.165, 1.54) is 44.5 Å². The summed E-state index contributed by atoms with van der Waals surface area (Å²) in [6.07, 6.45) is 4.23. The lowest BCUT2D eigenvalue weighted by molar-refractivity contribution is -0.0271. The van der Waals surface area contributed by atoms with Gasteiger partial charge in [-0.25, -0.2) is 0 Å². The van der Waals surface area contributed by atoms with Crippen LogP contribution in [0.15, 0.2) is 16.8 Å². The van der Waals surface area contributed by atoms with Crippen LogP contribution in [0.5, 0.6) is 0 Å². The maximum atomic E-state index is 2.79. The topological polar surface area (TPSA) is 6.48 Å². The third-order valence-corrected chi connectivity index (χ3v) is 6.01. The molecule has 0 aliphatic carbocycles. The third kappa shape index (κ3) is 2.81. The predicted octanol–water partition coefficient (Wildman–Crippen LogP) is 4.00. The fourth-order valence-electron chi connectivity index (χ4n) is 3.97. The van der Waals surface area contributed by atoms with Crippen LogP contribution in [0.1, 0.15) is 51.6 Å². The summed E-state index contributed by atoms with van der Waals surface area (Å²) >= 11 is 1.83. The van der Waals surface area contributed by atoms with Crippen molar-refractivity contribution in [3.8, 4) is 0 Å². The van der Waals surface area contributed by atoms with Gasteiger partial charge in [-0.15, -0.1) is 0 Å². The normalized spacial score (nSPS) is 30.4. The summed E-state index contributed by atoms with van der Waals surface area (Å²) in [7, 11) is 0. The van der Waals surface area contributed by atoms with Crippen molar-refractivity contribution >= 4 is 11.3 Å². The molecule has 2 aliphatic heterocycles. The first-order valence-electron chi connectivity index (χ1n) is 8.18. The van der Waals surface area contributed by atoms with Crippen molar-refractivity contribution < 1.29 is 0 Å². The summed E-state index contributed by atoms with van der Waals surface area (Å²) in [5.41, 5.74) is 1.50. The maximum Gasteiger partial charge on any atom is 0.0332 e. The molecule has 0 N–H and O–H groups in total. The largest absolute Gasteiger partial charge is 0.298 e. The van der Waals surface area contributed by atoms with E-state index in [4.69, 9.17) is 0 Å². The van der Waals surface area contributed by atoms with Gasteiger partial charge in [-0.3, -0.25) is 9.80 Å². The van der Waals surface area contributed by atoms with Crippen LogP contribution in [0.2, 0.25) is 0 Å². The molecule has 3 unspecified atom stereocenters. The van der Waals surface area contributed by atoms with Gasteiger partial charge in [-0.05, 0) is 54.6 Å². The Hall–Kier alpha value is -0.380. The molecular formula is C17H28N2S. The van der Waals surface area contributed by atoms with Crippen molar-refractivity contribution in [3.63, 3.8) is 0 Å². The second-order valence-electron chi connectivity index (χ2n) is 6.89. The fraction of sp³-hybridized carbons (Fsp3) is 0.765. The molecule has 0 radical (unpaired) electrons. The van der Waals surface area contributed by atoms with Gasteiger partial charge in [0.05, 0.1) is 0 Å². The van der Waals surface area contributed by atoms with Gasteiger partial charge in [-0.2, -0.15) is 11.3 Å². The first-order valence-corrected chi connectivity index (χ1v) is 9.13. The van der Waals surface area contributed by atoms with Gasteiger partial charge in [-0.1, -0.05) is 20.3 Å². The lowest BCUT2D eigenvalue weighted by Gasteiger charge is -2.51. The Morgan fingerprint density at radius 2 is 2.05 bits per heavy atom. The molecule has 3 atom stereocenters. The third-order valence-electron chi connectivity index (χ3n) is 5.31. The predicted molar refractivity (Wildman–Crippen MR) is 87.3 cm³/mol. The minimum absolute atomic E-state index is 0.567. The summed E-state index contributed by atoms with van der Waals surface area (Å²) < 4.78 is 0. The van der Waals surface area contributed by atoms with E-state index < -0.39 is 0 Å². The van der Waals surface area contributed by atoms with Crippen LogP contribution in [0, 0.1) is 5.92 Å². The van der Waals surface area contributed by atoms with Crippen molar-refractivity contribution in [2.75, 3.05) is 19.6 Å². The van der Waals surface area contributed by atoms with Crippen LogP contribution in [0.4, 0.5) is 0 Å². The van der Waals surface area contributed by atoms with Gasteiger partial charge in [0.15, 0.2) is 0 Å². The van der Waals surface area contributed by atoms with Gasteiger partial charge in [0, 0.05) is 31.2 Å². The Labute approximate surface area is 127 Å². The SMILES string of the molecule is CC(C)C1CN2CCCCC2CN1C(C)c1ccsc1.